The molecular formula is C10H21O2P. The zero-order valence-corrected chi connectivity index (χ0v) is 9.55. The van der Waals surface area contributed by atoms with E-state index >= 15 is 0 Å². The van der Waals surface area contributed by atoms with Gasteiger partial charge in [-0.15, -0.1) is 0 Å². The summed E-state index contributed by atoms with van der Waals surface area (Å²) >= 11 is 0. The van der Waals surface area contributed by atoms with Gasteiger partial charge in [0.05, 0.1) is 6.61 Å². The summed E-state index contributed by atoms with van der Waals surface area (Å²) in [4.78, 5) is 0. The maximum absolute atomic E-state index is 11.2. The minimum Gasteiger partial charge on any atom is -0.331 e. The molecule has 1 aliphatic rings. The molecule has 1 fully saturated rings. The topological polar surface area (TPSA) is 26.3 Å². The molecule has 0 aromatic heterocycles. The van der Waals surface area contributed by atoms with Crippen LogP contribution in [0.1, 0.15) is 45.4 Å². The number of hydrogen-bond acceptors (Lipinski definition) is 2. The highest BCUT2D eigenvalue weighted by Crippen LogP contribution is 2.31. The molecule has 78 valence electrons. The predicted molar refractivity (Wildman–Crippen MR) is 56.7 cm³/mol. The van der Waals surface area contributed by atoms with Gasteiger partial charge in [-0.1, -0.05) is 32.1 Å². The standard InChI is InChI=1S/C10H21O2P/c1-2-12-13(11)9-8-10-6-4-3-5-7-10/h10,13H,2-9H2,1H3. The highest BCUT2D eigenvalue weighted by Gasteiger charge is 2.13. The van der Waals surface area contributed by atoms with Crippen molar-refractivity contribution in [3.63, 3.8) is 0 Å². The van der Waals surface area contributed by atoms with Gasteiger partial charge in [-0.25, -0.2) is 0 Å². The molecule has 3 heteroatoms. The molecule has 1 saturated carbocycles. The monoisotopic (exact) mass is 204 g/mol. The smallest absolute Gasteiger partial charge is 0.191 e. The number of rotatable bonds is 5. The molecule has 0 aliphatic heterocycles. The van der Waals surface area contributed by atoms with Crippen LogP contribution in [0.15, 0.2) is 0 Å². The van der Waals surface area contributed by atoms with Crippen molar-refractivity contribution in [3.8, 4) is 0 Å². The van der Waals surface area contributed by atoms with E-state index in [-0.39, 0.29) is 0 Å². The molecule has 0 aromatic carbocycles. The van der Waals surface area contributed by atoms with E-state index in [9.17, 15) is 4.57 Å². The third-order valence-electron chi connectivity index (χ3n) is 2.79. The summed E-state index contributed by atoms with van der Waals surface area (Å²) in [5, 5.41) is 0. The summed E-state index contributed by atoms with van der Waals surface area (Å²) in [7, 11) is -1.69. The minimum absolute atomic E-state index is 0.600. The first-order chi connectivity index (χ1) is 6.33. The van der Waals surface area contributed by atoms with Gasteiger partial charge >= 0.3 is 0 Å². The van der Waals surface area contributed by atoms with Crippen molar-refractivity contribution in [3.05, 3.63) is 0 Å². The van der Waals surface area contributed by atoms with Crippen LogP contribution in [0.3, 0.4) is 0 Å². The Labute approximate surface area is 81.9 Å². The Balaban J connectivity index is 2.06. The molecule has 0 bridgehead atoms. The van der Waals surface area contributed by atoms with Crippen molar-refractivity contribution in [2.24, 2.45) is 5.92 Å². The van der Waals surface area contributed by atoms with Crippen LogP contribution in [0, 0.1) is 5.92 Å². The first-order valence-corrected chi connectivity index (χ1v) is 7.01. The lowest BCUT2D eigenvalue weighted by atomic mass is 9.88. The van der Waals surface area contributed by atoms with Crippen molar-refractivity contribution in [1.82, 2.24) is 0 Å². The fourth-order valence-electron chi connectivity index (χ4n) is 2.03. The van der Waals surface area contributed by atoms with Crippen molar-refractivity contribution < 1.29 is 9.09 Å². The Bertz CT molecular complexity index is 153. The predicted octanol–water partition coefficient (Wildman–Crippen LogP) is 3.47. The van der Waals surface area contributed by atoms with E-state index in [4.69, 9.17) is 4.52 Å². The molecule has 0 amide bonds. The van der Waals surface area contributed by atoms with E-state index < -0.39 is 8.03 Å². The van der Waals surface area contributed by atoms with Crippen LogP contribution in [0.25, 0.3) is 0 Å². The Morgan fingerprint density at radius 2 is 2.00 bits per heavy atom. The van der Waals surface area contributed by atoms with Crippen LogP contribution in [0.4, 0.5) is 0 Å². The van der Waals surface area contributed by atoms with E-state index in [1.165, 1.54) is 32.1 Å². The largest absolute Gasteiger partial charge is 0.331 e. The zero-order valence-electron chi connectivity index (χ0n) is 8.55. The van der Waals surface area contributed by atoms with Crippen molar-refractivity contribution in [1.29, 1.82) is 0 Å². The molecule has 2 nitrogen and oxygen atoms in total. The molecule has 0 radical (unpaired) electrons. The molecule has 1 unspecified atom stereocenters. The Kier molecular flexibility index (Phi) is 5.73. The maximum Gasteiger partial charge on any atom is 0.191 e. The van der Waals surface area contributed by atoms with Gasteiger partial charge in [-0.05, 0) is 19.3 Å². The molecule has 1 atom stereocenters. The van der Waals surface area contributed by atoms with Gasteiger partial charge in [0.15, 0.2) is 8.03 Å². The summed E-state index contributed by atoms with van der Waals surface area (Å²) in [6, 6.07) is 0. The molecule has 1 aliphatic carbocycles. The second-order valence-electron chi connectivity index (χ2n) is 3.85. The first kappa shape index (κ1) is 11.3. The van der Waals surface area contributed by atoms with Crippen molar-refractivity contribution in [2.45, 2.75) is 45.4 Å². The molecule has 0 spiro atoms. The average Bonchev–Trinajstić information content (AvgIpc) is 2.17. The number of hydrogen-bond donors (Lipinski definition) is 0. The Morgan fingerprint density at radius 1 is 1.31 bits per heavy atom. The summed E-state index contributed by atoms with van der Waals surface area (Å²) in [5.74, 6) is 0.836. The van der Waals surface area contributed by atoms with E-state index in [0.29, 0.717) is 6.61 Å². The van der Waals surface area contributed by atoms with Gasteiger partial charge in [0, 0.05) is 6.16 Å². The fraction of sp³-hybridized carbons (Fsp3) is 1.00. The van der Waals surface area contributed by atoms with Gasteiger partial charge in [0.1, 0.15) is 0 Å². The molecule has 0 saturated heterocycles. The van der Waals surface area contributed by atoms with Crippen LogP contribution in [-0.2, 0) is 9.09 Å². The Morgan fingerprint density at radius 3 is 2.62 bits per heavy atom. The van der Waals surface area contributed by atoms with Crippen LogP contribution >= 0.6 is 8.03 Å². The average molecular weight is 204 g/mol. The van der Waals surface area contributed by atoms with E-state index in [1.54, 1.807) is 0 Å². The fourth-order valence-corrected chi connectivity index (χ4v) is 3.14. The second kappa shape index (κ2) is 6.62. The van der Waals surface area contributed by atoms with Crippen LogP contribution < -0.4 is 0 Å². The lowest BCUT2D eigenvalue weighted by molar-refractivity contribution is 0.330. The molecule has 0 aromatic rings. The highest BCUT2D eigenvalue weighted by molar-refractivity contribution is 7.39. The van der Waals surface area contributed by atoms with E-state index in [1.807, 2.05) is 6.92 Å². The summed E-state index contributed by atoms with van der Waals surface area (Å²) in [6.07, 6.45) is 8.78. The van der Waals surface area contributed by atoms with Crippen molar-refractivity contribution in [2.75, 3.05) is 12.8 Å². The zero-order chi connectivity index (χ0) is 9.52. The van der Waals surface area contributed by atoms with Gasteiger partial charge in [-0.2, -0.15) is 0 Å². The van der Waals surface area contributed by atoms with E-state index in [2.05, 4.69) is 0 Å². The quantitative estimate of drug-likeness (QED) is 0.641. The van der Waals surface area contributed by atoms with Gasteiger partial charge in [-0.3, -0.25) is 4.57 Å². The van der Waals surface area contributed by atoms with Crippen molar-refractivity contribution >= 4 is 8.03 Å². The highest BCUT2D eigenvalue weighted by atomic mass is 31.1. The SMILES string of the molecule is CCO[PH](=O)CCC1CCCCC1. The molecule has 0 N–H and O–H groups in total. The lowest BCUT2D eigenvalue weighted by Gasteiger charge is -2.20. The summed E-state index contributed by atoms with van der Waals surface area (Å²) < 4.78 is 16.3. The molecule has 13 heavy (non-hydrogen) atoms. The second-order valence-corrected chi connectivity index (χ2v) is 5.38. The molecular weight excluding hydrogens is 183 g/mol. The first-order valence-electron chi connectivity index (χ1n) is 5.48. The van der Waals surface area contributed by atoms with E-state index in [0.717, 1.165) is 18.5 Å². The van der Waals surface area contributed by atoms with Crippen LogP contribution in [0.2, 0.25) is 0 Å². The third kappa shape index (κ3) is 4.83. The third-order valence-corrected chi connectivity index (χ3v) is 4.09. The maximum atomic E-state index is 11.2. The van der Waals surface area contributed by atoms with Crippen LogP contribution in [0.5, 0.6) is 0 Å². The minimum atomic E-state index is -1.69. The Hall–Kier alpha value is 0.190. The molecule has 1 rings (SSSR count). The van der Waals surface area contributed by atoms with Crippen LogP contribution in [-0.4, -0.2) is 12.8 Å². The summed E-state index contributed by atoms with van der Waals surface area (Å²) in [5.41, 5.74) is 0. The van der Waals surface area contributed by atoms with Gasteiger partial charge < -0.3 is 4.52 Å². The molecule has 0 heterocycles. The normalized spacial score (nSPS) is 21.6. The lowest BCUT2D eigenvalue weighted by Crippen LogP contribution is -2.07. The summed E-state index contributed by atoms with van der Waals surface area (Å²) in [6.45, 7) is 2.51. The van der Waals surface area contributed by atoms with Gasteiger partial charge in [0.25, 0.3) is 0 Å². The van der Waals surface area contributed by atoms with Gasteiger partial charge in [0.2, 0.25) is 0 Å².